The number of ketones is 2. The number of ether oxygens (including phenoxy) is 1. The Morgan fingerprint density at radius 1 is 0.696 bits per heavy atom. The molecular formula is C18H12Cl2O3. The fourth-order valence-electron chi connectivity index (χ4n) is 1.67. The smallest absolute Gasteiger partial charge is 0.188 e. The molecule has 0 saturated heterocycles. The van der Waals surface area contributed by atoms with Gasteiger partial charge in [-0.1, -0.05) is 23.2 Å². The van der Waals surface area contributed by atoms with E-state index in [2.05, 4.69) is 0 Å². The molecule has 0 spiro atoms. The average molecular weight is 347 g/mol. The van der Waals surface area contributed by atoms with Gasteiger partial charge in [-0.05, 0) is 48.5 Å². The van der Waals surface area contributed by atoms with Crippen molar-refractivity contribution in [2.75, 3.05) is 0 Å². The number of carbonyl (C=O) groups is 2. The lowest BCUT2D eigenvalue weighted by Crippen LogP contribution is -1.94. The van der Waals surface area contributed by atoms with Crippen LogP contribution in [0.3, 0.4) is 0 Å². The van der Waals surface area contributed by atoms with Gasteiger partial charge >= 0.3 is 0 Å². The molecule has 3 nitrogen and oxygen atoms in total. The van der Waals surface area contributed by atoms with Crippen molar-refractivity contribution in [3.63, 3.8) is 0 Å². The molecule has 0 amide bonds. The third-order valence-electron chi connectivity index (χ3n) is 2.85. The monoisotopic (exact) mass is 346 g/mol. The molecular weight excluding hydrogens is 335 g/mol. The lowest BCUT2D eigenvalue weighted by molar-refractivity contribution is 0.103. The molecule has 116 valence electrons. The number of benzene rings is 2. The summed E-state index contributed by atoms with van der Waals surface area (Å²) in [6, 6.07) is 13.0. The topological polar surface area (TPSA) is 43.4 Å². The number of halogens is 2. The zero-order chi connectivity index (χ0) is 16.7. The van der Waals surface area contributed by atoms with Gasteiger partial charge < -0.3 is 4.74 Å². The molecule has 0 aromatic heterocycles. The van der Waals surface area contributed by atoms with Crippen LogP contribution in [0.25, 0.3) is 0 Å². The van der Waals surface area contributed by atoms with Crippen LogP contribution >= 0.6 is 23.2 Å². The van der Waals surface area contributed by atoms with Crippen LogP contribution in [0.4, 0.5) is 0 Å². The number of allylic oxidation sites excluding steroid dienone is 2. The predicted octanol–water partition coefficient (Wildman–Crippen LogP) is 5.10. The van der Waals surface area contributed by atoms with Gasteiger partial charge in [0.1, 0.15) is 0 Å². The molecule has 0 saturated carbocycles. The van der Waals surface area contributed by atoms with Gasteiger partial charge in [-0.3, -0.25) is 9.59 Å². The second kappa shape index (κ2) is 8.32. The van der Waals surface area contributed by atoms with E-state index in [0.717, 1.165) is 0 Å². The zero-order valence-corrected chi connectivity index (χ0v) is 13.4. The highest BCUT2D eigenvalue weighted by molar-refractivity contribution is 6.31. The summed E-state index contributed by atoms with van der Waals surface area (Å²) in [7, 11) is 0. The molecule has 5 heteroatoms. The van der Waals surface area contributed by atoms with Crippen LogP contribution in [-0.4, -0.2) is 11.6 Å². The van der Waals surface area contributed by atoms with E-state index in [1.165, 1.54) is 24.7 Å². The Hall–Kier alpha value is -2.36. The standard InChI is InChI=1S/C18H12Cl2O3/c19-15-5-1-13(2-6-15)17(21)9-11-23-12-10-18(22)14-3-7-16(20)8-4-14/h1-12H. The summed E-state index contributed by atoms with van der Waals surface area (Å²) in [5, 5.41) is 1.12. The van der Waals surface area contributed by atoms with Crippen molar-refractivity contribution < 1.29 is 14.3 Å². The zero-order valence-electron chi connectivity index (χ0n) is 11.9. The van der Waals surface area contributed by atoms with Gasteiger partial charge in [0.25, 0.3) is 0 Å². The molecule has 23 heavy (non-hydrogen) atoms. The van der Waals surface area contributed by atoms with Crippen molar-refractivity contribution >= 4 is 34.8 Å². The molecule has 2 rings (SSSR count). The van der Waals surface area contributed by atoms with Gasteiger partial charge in [-0.2, -0.15) is 0 Å². The van der Waals surface area contributed by atoms with Gasteiger partial charge in [0, 0.05) is 33.3 Å². The van der Waals surface area contributed by atoms with Gasteiger partial charge in [-0.15, -0.1) is 0 Å². The number of rotatable bonds is 6. The van der Waals surface area contributed by atoms with Crippen LogP contribution in [0.15, 0.2) is 73.2 Å². The second-order valence-electron chi connectivity index (χ2n) is 4.48. The normalized spacial score (nSPS) is 11.0. The highest BCUT2D eigenvalue weighted by Gasteiger charge is 2.02. The molecule has 0 bridgehead atoms. The molecule has 0 aliphatic heterocycles. The Kier molecular flexibility index (Phi) is 6.15. The van der Waals surface area contributed by atoms with Crippen molar-refractivity contribution in [1.29, 1.82) is 0 Å². The third kappa shape index (κ3) is 5.40. The molecule has 2 aromatic carbocycles. The van der Waals surface area contributed by atoms with E-state index < -0.39 is 0 Å². The second-order valence-corrected chi connectivity index (χ2v) is 5.36. The largest absolute Gasteiger partial charge is 0.472 e. The third-order valence-corrected chi connectivity index (χ3v) is 3.36. The molecule has 0 atom stereocenters. The summed E-state index contributed by atoms with van der Waals surface area (Å²) >= 11 is 11.5. The number of carbonyl (C=O) groups excluding carboxylic acids is 2. The molecule has 0 N–H and O–H groups in total. The van der Waals surface area contributed by atoms with E-state index >= 15 is 0 Å². The Balaban J connectivity index is 1.86. The molecule has 0 unspecified atom stereocenters. The minimum atomic E-state index is -0.223. The summed E-state index contributed by atoms with van der Waals surface area (Å²) in [6.07, 6.45) is 4.95. The number of hydrogen-bond acceptors (Lipinski definition) is 3. The minimum absolute atomic E-state index is 0.223. The molecule has 0 aliphatic carbocycles. The maximum atomic E-state index is 11.8. The maximum Gasteiger partial charge on any atom is 0.188 e. The van der Waals surface area contributed by atoms with Crippen LogP contribution in [0.5, 0.6) is 0 Å². The fourth-order valence-corrected chi connectivity index (χ4v) is 1.92. The summed E-state index contributed by atoms with van der Waals surface area (Å²) in [5.41, 5.74) is 0.992. The van der Waals surface area contributed by atoms with E-state index in [1.54, 1.807) is 48.5 Å². The summed E-state index contributed by atoms with van der Waals surface area (Å²) in [4.78, 5) is 23.6. The van der Waals surface area contributed by atoms with E-state index in [1.807, 2.05) is 0 Å². The van der Waals surface area contributed by atoms with Gasteiger partial charge in [-0.25, -0.2) is 0 Å². The Labute approximate surface area is 143 Å². The quantitative estimate of drug-likeness (QED) is 0.415. The SMILES string of the molecule is O=C(C=COC=CC(=O)c1ccc(Cl)cc1)c1ccc(Cl)cc1. The summed E-state index contributed by atoms with van der Waals surface area (Å²) in [6.45, 7) is 0. The Morgan fingerprint density at radius 2 is 1.04 bits per heavy atom. The van der Waals surface area contributed by atoms with Crippen LogP contribution in [0.1, 0.15) is 20.7 Å². The minimum Gasteiger partial charge on any atom is -0.472 e. The van der Waals surface area contributed by atoms with E-state index in [4.69, 9.17) is 27.9 Å². The van der Waals surface area contributed by atoms with Crippen LogP contribution in [-0.2, 0) is 4.74 Å². The van der Waals surface area contributed by atoms with E-state index in [9.17, 15) is 9.59 Å². The molecule has 0 aliphatic rings. The predicted molar refractivity (Wildman–Crippen MR) is 90.9 cm³/mol. The summed E-state index contributed by atoms with van der Waals surface area (Å²) in [5.74, 6) is -0.446. The van der Waals surface area contributed by atoms with E-state index in [0.29, 0.717) is 21.2 Å². The first kappa shape index (κ1) is 17.0. The van der Waals surface area contributed by atoms with Crippen LogP contribution in [0.2, 0.25) is 10.0 Å². The summed E-state index contributed by atoms with van der Waals surface area (Å²) < 4.78 is 5.01. The Bertz CT molecular complexity index is 679. The Morgan fingerprint density at radius 3 is 1.39 bits per heavy atom. The maximum absolute atomic E-state index is 11.8. The average Bonchev–Trinajstić information content (AvgIpc) is 2.55. The molecule has 0 radical (unpaired) electrons. The van der Waals surface area contributed by atoms with E-state index in [-0.39, 0.29) is 11.6 Å². The lowest BCUT2D eigenvalue weighted by atomic mass is 10.1. The first-order chi connectivity index (χ1) is 11.1. The highest BCUT2D eigenvalue weighted by atomic mass is 35.5. The van der Waals surface area contributed by atoms with Crippen LogP contribution in [0, 0.1) is 0 Å². The first-order valence-electron chi connectivity index (χ1n) is 6.64. The fraction of sp³-hybridized carbons (Fsp3) is 0. The molecule has 2 aromatic rings. The van der Waals surface area contributed by atoms with Crippen molar-refractivity contribution in [3.05, 3.63) is 94.4 Å². The lowest BCUT2D eigenvalue weighted by Gasteiger charge is -1.96. The van der Waals surface area contributed by atoms with Crippen molar-refractivity contribution in [2.24, 2.45) is 0 Å². The van der Waals surface area contributed by atoms with Crippen LogP contribution < -0.4 is 0 Å². The first-order valence-corrected chi connectivity index (χ1v) is 7.40. The van der Waals surface area contributed by atoms with Crippen molar-refractivity contribution in [3.8, 4) is 0 Å². The molecule has 0 fully saturated rings. The van der Waals surface area contributed by atoms with Crippen molar-refractivity contribution in [2.45, 2.75) is 0 Å². The molecule has 0 heterocycles. The number of hydrogen-bond donors (Lipinski definition) is 0. The van der Waals surface area contributed by atoms with Gasteiger partial charge in [0.2, 0.25) is 0 Å². The van der Waals surface area contributed by atoms with Crippen molar-refractivity contribution in [1.82, 2.24) is 0 Å². The highest BCUT2D eigenvalue weighted by Crippen LogP contribution is 2.11. The van der Waals surface area contributed by atoms with Gasteiger partial charge in [0.05, 0.1) is 12.5 Å². The van der Waals surface area contributed by atoms with Gasteiger partial charge in [0.15, 0.2) is 11.6 Å².